The quantitative estimate of drug-likeness (QED) is 0.347. The number of carbonyl (C=O) groups excluding carboxylic acids is 4. The highest BCUT2D eigenvalue weighted by Crippen LogP contribution is 2.44. The van der Waals surface area contributed by atoms with Crippen LogP contribution in [0.3, 0.4) is 0 Å². The van der Waals surface area contributed by atoms with Crippen LogP contribution in [0.2, 0.25) is 0 Å². The lowest BCUT2D eigenvalue weighted by atomic mass is 9.98. The van der Waals surface area contributed by atoms with Crippen LogP contribution in [0.1, 0.15) is 42.8 Å². The summed E-state index contributed by atoms with van der Waals surface area (Å²) in [7, 11) is 0. The number of rotatable bonds is 7. The molecule has 1 aromatic heterocycles. The predicted octanol–water partition coefficient (Wildman–Crippen LogP) is 4.35. The van der Waals surface area contributed by atoms with Gasteiger partial charge in [0.25, 0.3) is 11.8 Å². The van der Waals surface area contributed by atoms with Crippen LogP contribution in [0.5, 0.6) is 0 Å². The summed E-state index contributed by atoms with van der Waals surface area (Å²) >= 11 is 1.29. The fraction of sp³-hybridized carbons (Fsp3) is 0.138. The maximum atomic E-state index is 13.1. The summed E-state index contributed by atoms with van der Waals surface area (Å²) in [5, 5.41) is 5.24. The summed E-state index contributed by atoms with van der Waals surface area (Å²) in [6.07, 6.45) is 0.724. The molecular formula is C29H21N3O6S. The highest BCUT2D eigenvalue weighted by atomic mass is 32.1. The largest absolute Gasteiger partial charge is 0.449 e. The number of carbonyl (C=O) groups is 4. The van der Waals surface area contributed by atoms with Gasteiger partial charge in [-0.25, -0.2) is 14.6 Å². The number of fused-ring (bicyclic) bond motifs is 4. The maximum Gasteiger partial charge on any atom is 0.407 e. The Labute approximate surface area is 227 Å². The van der Waals surface area contributed by atoms with Gasteiger partial charge in [-0.2, -0.15) is 0 Å². The molecule has 39 heavy (non-hydrogen) atoms. The van der Waals surface area contributed by atoms with Crippen LogP contribution in [-0.4, -0.2) is 46.6 Å². The molecule has 1 aliphatic carbocycles. The highest BCUT2D eigenvalue weighted by Gasteiger charge is 2.40. The van der Waals surface area contributed by atoms with Gasteiger partial charge in [-0.05, 0) is 34.4 Å². The normalized spacial score (nSPS) is 14.4. The zero-order chi connectivity index (χ0) is 26.9. The Morgan fingerprint density at radius 2 is 1.44 bits per heavy atom. The fourth-order valence-corrected chi connectivity index (χ4v) is 5.57. The number of hydrogen-bond acceptors (Lipinski definition) is 8. The van der Waals surface area contributed by atoms with Crippen molar-refractivity contribution in [2.24, 2.45) is 0 Å². The van der Waals surface area contributed by atoms with Gasteiger partial charge in [0.1, 0.15) is 12.6 Å². The van der Waals surface area contributed by atoms with Crippen LogP contribution < -0.4 is 5.32 Å². The number of hydroxylamine groups is 2. The monoisotopic (exact) mass is 539 g/mol. The average Bonchev–Trinajstić information content (AvgIpc) is 3.65. The van der Waals surface area contributed by atoms with E-state index in [-0.39, 0.29) is 30.1 Å². The molecule has 1 aliphatic heterocycles. The zero-order valence-electron chi connectivity index (χ0n) is 20.4. The van der Waals surface area contributed by atoms with Crippen molar-refractivity contribution in [3.05, 3.63) is 112 Å². The van der Waals surface area contributed by atoms with E-state index in [0.29, 0.717) is 10.1 Å². The Kier molecular flexibility index (Phi) is 6.37. The van der Waals surface area contributed by atoms with Crippen LogP contribution >= 0.6 is 11.3 Å². The molecule has 0 saturated heterocycles. The van der Waals surface area contributed by atoms with Gasteiger partial charge in [-0.1, -0.05) is 65.7 Å². The number of imide groups is 1. The number of ether oxygens (including phenoxy) is 1. The van der Waals surface area contributed by atoms with Crippen molar-refractivity contribution in [3.8, 4) is 11.1 Å². The van der Waals surface area contributed by atoms with Crippen molar-refractivity contribution in [2.75, 3.05) is 6.61 Å². The lowest BCUT2D eigenvalue weighted by molar-refractivity contribution is -0.171. The number of amides is 3. The van der Waals surface area contributed by atoms with E-state index in [0.717, 1.165) is 22.3 Å². The lowest BCUT2D eigenvalue weighted by Gasteiger charge is -2.20. The van der Waals surface area contributed by atoms with Gasteiger partial charge in [0.2, 0.25) is 0 Å². The van der Waals surface area contributed by atoms with Crippen molar-refractivity contribution < 1.29 is 28.8 Å². The third-order valence-corrected chi connectivity index (χ3v) is 7.52. The standard InChI is InChI=1S/C29H21N3O6S/c33-26-21-11-5-6-12-22(21)27(34)32(26)38-28(35)24(15-25-30-13-14-39-25)31-29(36)37-16-23-19-9-3-1-7-17(19)18-8-2-4-10-20(18)23/h1-14,23-24H,15-16H2,(H,31,36). The minimum absolute atomic E-state index is 0.0101. The second-order valence-electron chi connectivity index (χ2n) is 9.01. The van der Waals surface area contributed by atoms with Gasteiger partial charge >= 0.3 is 12.1 Å². The molecule has 0 fully saturated rings. The molecule has 0 spiro atoms. The predicted molar refractivity (Wildman–Crippen MR) is 141 cm³/mol. The Morgan fingerprint density at radius 3 is 2.00 bits per heavy atom. The van der Waals surface area contributed by atoms with E-state index in [2.05, 4.69) is 10.3 Å². The van der Waals surface area contributed by atoms with Crippen molar-refractivity contribution in [1.29, 1.82) is 0 Å². The summed E-state index contributed by atoms with van der Waals surface area (Å²) < 4.78 is 5.58. The van der Waals surface area contributed by atoms with Crippen molar-refractivity contribution >= 4 is 35.2 Å². The van der Waals surface area contributed by atoms with Crippen molar-refractivity contribution in [2.45, 2.75) is 18.4 Å². The SMILES string of the molecule is O=C(NC(Cc1nccs1)C(=O)ON1C(=O)c2ccccc2C1=O)OCC1c2ccccc2-c2ccccc21. The van der Waals surface area contributed by atoms with Gasteiger partial charge in [-0.3, -0.25) is 9.59 Å². The van der Waals surface area contributed by atoms with Crippen molar-refractivity contribution in [3.63, 3.8) is 0 Å². The zero-order valence-corrected chi connectivity index (χ0v) is 21.2. The first-order valence-electron chi connectivity index (χ1n) is 12.2. The number of alkyl carbamates (subject to hydrolysis) is 1. The van der Waals surface area contributed by atoms with Gasteiger partial charge in [-0.15, -0.1) is 11.3 Å². The van der Waals surface area contributed by atoms with Crippen LogP contribution in [0.4, 0.5) is 4.79 Å². The molecule has 6 rings (SSSR count). The summed E-state index contributed by atoms with van der Waals surface area (Å²) in [6, 6.07) is 20.8. The Morgan fingerprint density at radius 1 is 0.872 bits per heavy atom. The summed E-state index contributed by atoms with van der Waals surface area (Å²) in [5.41, 5.74) is 4.56. The van der Waals surface area contributed by atoms with Gasteiger partial charge < -0.3 is 14.9 Å². The molecule has 0 radical (unpaired) electrons. The smallest absolute Gasteiger partial charge is 0.407 e. The Bertz CT molecular complexity index is 1520. The second kappa shape index (κ2) is 10.1. The molecule has 4 aromatic rings. The molecule has 9 nitrogen and oxygen atoms in total. The van der Waals surface area contributed by atoms with Crippen molar-refractivity contribution in [1.82, 2.24) is 15.4 Å². The first kappa shape index (κ1) is 24.5. The third kappa shape index (κ3) is 4.55. The number of nitrogens with zero attached hydrogens (tertiary/aromatic N) is 2. The highest BCUT2D eigenvalue weighted by molar-refractivity contribution is 7.09. The van der Waals surface area contributed by atoms with E-state index in [9.17, 15) is 19.2 Å². The van der Waals surface area contributed by atoms with Gasteiger partial charge in [0.15, 0.2) is 0 Å². The van der Waals surface area contributed by atoms with E-state index in [1.807, 2.05) is 48.5 Å². The maximum absolute atomic E-state index is 13.1. The third-order valence-electron chi connectivity index (χ3n) is 6.72. The molecule has 10 heteroatoms. The second-order valence-corrected chi connectivity index (χ2v) is 9.99. The number of nitrogens with one attached hydrogen (secondary N) is 1. The fourth-order valence-electron chi connectivity index (χ4n) is 4.91. The Hall–Kier alpha value is -4.83. The number of benzene rings is 3. The first-order valence-corrected chi connectivity index (χ1v) is 13.1. The van der Waals surface area contributed by atoms with Crippen LogP contribution in [-0.2, 0) is 20.8 Å². The molecule has 1 N–H and O–H groups in total. The topological polar surface area (TPSA) is 115 Å². The minimum Gasteiger partial charge on any atom is -0.449 e. The molecular weight excluding hydrogens is 518 g/mol. The molecule has 2 heterocycles. The number of aromatic nitrogens is 1. The van der Waals surface area contributed by atoms with Gasteiger partial charge in [0, 0.05) is 23.9 Å². The summed E-state index contributed by atoms with van der Waals surface area (Å²) in [6.45, 7) is 0.0529. The summed E-state index contributed by atoms with van der Waals surface area (Å²) in [5.74, 6) is -2.66. The van der Waals surface area contributed by atoms with Gasteiger partial charge in [0.05, 0.1) is 16.1 Å². The van der Waals surface area contributed by atoms with Crippen LogP contribution in [0, 0.1) is 0 Å². The molecule has 0 bridgehead atoms. The summed E-state index contributed by atoms with van der Waals surface area (Å²) in [4.78, 5) is 60.7. The van der Waals surface area contributed by atoms with E-state index in [1.165, 1.54) is 23.5 Å². The molecule has 1 unspecified atom stereocenters. The molecule has 3 aromatic carbocycles. The van der Waals surface area contributed by atoms with E-state index in [4.69, 9.17) is 9.57 Å². The molecule has 194 valence electrons. The first-order chi connectivity index (χ1) is 19.0. The number of hydrogen-bond donors (Lipinski definition) is 1. The average molecular weight is 540 g/mol. The number of thiazole rings is 1. The molecule has 3 amide bonds. The Balaban J connectivity index is 1.16. The van der Waals surface area contributed by atoms with E-state index >= 15 is 0 Å². The van der Waals surface area contributed by atoms with E-state index < -0.39 is 29.9 Å². The molecule has 0 saturated carbocycles. The lowest BCUT2D eigenvalue weighted by Crippen LogP contribution is -2.47. The van der Waals surface area contributed by atoms with E-state index in [1.54, 1.807) is 23.7 Å². The molecule has 1 atom stereocenters. The van der Waals surface area contributed by atoms with Crippen LogP contribution in [0.15, 0.2) is 84.4 Å². The molecule has 2 aliphatic rings. The minimum atomic E-state index is -1.25. The van der Waals surface area contributed by atoms with Crippen LogP contribution in [0.25, 0.3) is 11.1 Å².